The number of ether oxygens (including phenoxy) is 1. The molecular formula is C21H23F3O4S. The molecule has 2 rings (SSSR count). The minimum atomic E-state index is -4.52. The summed E-state index contributed by atoms with van der Waals surface area (Å²) in [7, 11) is -3.78. The molecule has 0 aliphatic heterocycles. The lowest BCUT2D eigenvalue weighted by Crippen LogP contribution is -2.23. The Labute approximate surface area is 168 Å². The predicted molar refractivity (Wildman–Crippen MR) is 104 cm³/mol. The van der Waals surface area contributed by atoms with Gasteiger partial charge < -0.3 is 4.74 Å². The molecule has 0 unspecified atom stereocenters. The molecule has 0 saturated heterocycles. The van der Waals surface area contributed by atoms with Crippen molar-refractivity contribution >= 4 is 15.8 Å². The van der Waals surface area contributed by atoms with Gasteiger partial charge in [-0.25, -0.2) is 13.2 Å². The Morgan fingerprint density at radius 3 is 1.93 bits per heavy atom. The number of alkyl halides is 3. The zero-order chi connectivity index (χ0) is 22.0. The molecule has 2 aromatic carbocycles. The number of sulfone groups is 1. The van der Waals surface area contributed by atoms with Gasteiger partial charge in [-0.1, -0.05) is 19.1 Å². The second-order valence-electron chi connectivity index (χ2n) is 7.83. The zero-order valence-electron chi connectivity index (χ0n) is 16.6. The smallest absolute Gasteiger partial charge is 0.416 e. The third-order valence-electron chi connectivity index (χ3n) is 4.12. The molecule has 0 heterocycles. The van der Waals surface area contributed by atoms with Crippen molar-refractivity contribution in [2.75, 3.05) is 5.75 Å². The van der Waals surface area contributed by atoms with Crippen molar-refractivity contribution < 1.29 is 31.1 Å². The van der Waals surface area contributed by atoms with Crippen LogP contribution in [0.3, 0.4) is 0 Å². The lowest BCUT2D eigenvalue weighted by molar-refractivity contribution is -0.137. The highest BCUT2D eigenvalue weighted by Gasteiger charge is 2.31. The third-order valence-corrected chi connectivity index (χ3v) is 6.05. The number of hydrogen-bond donors (Lipinski definition) is 0. The van der Waals surface area contributed by atoms with E-state index in [1.165, 1.54) is 0 Å². The fourth-order valence-electron chi connectivity index (χ4n) is 2.66. The third kappa shape index (κ3) is 6.32. The van der Waals surface area contributed by atoms with Crippen LogP contribution in [0.1, 0.15) is 55.1 Å². The van der Waals surface area contributed by atoms with Gasteiger partial charge in [0.15, 0.2) is 9.84 Å². The first-order valence-corrected chi connectivity index (χ1v) is 10.6. The fourth-order valence-corrected chi connectivity index (χ4v) is 4.25. The van der Waals surface area contributed by atoms with E-state index < -0.39 is 39.1 Å². The molecule has 0 aromatic heterocycles. The summed E-state index contributed by atoms with van der Waals surface area (Å²) in [5.41, 5.74) is -0.491. The molecule has 0 N–H and O–H groups in total. The first-order chi connectivity index (χ1) is 13.2. The average molecular weight is 428 g/mol. The highest BCUT2D eigenvalue weighted by atomic mass is 32.2. The molecule has 158 valence electrons. The molecule has 8 heteroatoms. The molecular weight excluding hydrogens is 405 g/mol. The molecule has 0 bridgehead atoms. The predicted octanol–water partition coefficient (Wildman–Crippen LogP) is 5.24. The topological polar surface area (TPSA) is 60.4 Å². The van der Waals surface area contributed by atoms with Crippen molar-refractivity contribution in [3.8, 4) is 0 Å². The first kappa shape index (κ1) is 22.9. The fraction of sp³-hybridized carbons (Fsp3) is 0.381. The summed E-state index contributed by atoms with van der Waals surface area (Å²) >= 11 is 0. The molecule has 1 atom stereocenters. The molecule has 0 fully saturated rings. The number of rotatable bonds is 5. The summed E-state index contributed by atoms with van der Waals surface area (Å²) < 4.78 is 68.3. The zero-order valence-corrected chi connectivity index (χ0v) is 17.4. The standard InChI is InChI=1S/C21H23F3O4S/c1-14(15-5-7-16(8-6-15)19(25)28-20(2,3)4)13-29(26,27)18-11-9-17(10-12-18)21(22,23)24/h5-12,14H,13H2,1-4H3/t14-/m0/s1. The second-order valence-corrected chi connectivity index (χ2v) is 9.86. The Kier molecular flexibility index (Phi) is 6.47. The Bertz CT molecular complexity index is 955. The monoisotopic (exact) mass is 428 g/mol. The van der Waals surface area contributed by atoms with E-state index in [1.807, 2.05) is 0 Å². The van der Waals surface area contributed by atoms with Crippen molar-refractivity contribution in [2.45, 2.75) is 50.3 Å². The lowest BCUT2D eigenvalue weighted by Gasteiger charge is -2.19. The molecule has 0 saturated carbocycles. The second kappa shape index (κ2) is 8.18. The van der Waals surface area contributed by atoms with Crippen LogP contribution in [0, 0.1) is 0 Å². The van der Waals surface area contributed by atoms with E-state index in [2.05, 4.69) is 0 Å². The largest absolute Gasteiger partial charge is 0.456 e. The van der Waals surface area contributed by atoms with Gasteiger partial charge >= 0.3 is 12.1 Å². The highest BCUT2D eigenvalue weighted by molar-refractivity contribution is 7.91. The van der Waals surface area contributed by atoms with Crippen molar-refractivity contribution in [1.82, 2.24) is 0 Å². The molecule has 2 aromatic rings. The molecule has 0 spiro atoms. The van der Waals surface area contributed by atoms with Crippen LogP contribution in [0.15, 0.2) is 53.4 Å². The number of carbonyl (C=O) groups is 1. The van der Waals surface area contributed by atoms with Crippen LogP contribution in [0.4, 0.5) is 13.2 Å². The van der Waals surface area contributed by atoms with Crippen LogP contribution < -0.4 is 0 Å². The summed E-state index contributed by atoms with van der Waals surface area (Å²) in [6.45, 7) is 6.97. The van der Waals surface area contributed by atoms with Crippen LogP contribution in [-0.4, -0.2) is 25.7 Å². The van der Waals surface area contributed by atoms with Crippen LogP contribution >= 0.6 is 0 Å². The van der Waals surface area contributed by atoms with Crippen molar-refractivity contribution in [3.63, 3.8) is 0 Å². The van der Waals surface area contributed by atoms with E-state index in [9.17, 15) is 26.4 Å². The Balaban J connectivity index is 2.12. The molecule has 0 aliphatic rings. The minimum Gasteiger partial charge on any atom is -0.456 e. The quantitative estimate of drug-likeness (QED) is 0.611. The SMILES string of the molecule is C[C@@H](CS(=O)(=O)c1ccc(C(F)(F)F)cc1)c1ccc(C(=O)OC(C)(C)C)cc1. The summed E-state index contributed by atoms with van der Waals surface area (Å²) in [5.74, 6) is -1.17. The van der Waals surface area contributed by atoms with Crippen molar-refractivity contribution in [2.24, 2.45) is 0 Å². The Hall–Kier alpha value is -2.35. The number of benzene rings is 2. The van der Waals surface area contributed by atoms with Gasteiger partial charge in [-0.15, -0.1) is 0 Å². The molecule has 0 amide bonds. The summed E-state index contributed by atoms with van der Waals surface area (Å²) in [4.78, 5) is 11.9. The number of hydrogen-bond acceptors (Lipinski definition) is 4. The lowest BCUT2D eigenvalue weighted by atomic mass is 10.0. The normalized spacial score (nSPS) is 13.8. The van der Waals surface area contributed by atoms with Gasteiger partial charge in [0.05, 0.1) is 21.8 Å². The van der Waals surface area contributed by atoms with E-state index in [-0.39, 0.29) is 10.6 Å². The van der Waals surface area contributed by atoms with Gasteiger partial charge in [0.25, 0.3) is 0 Å². The minimum absolute atomic E-state index is 0.164. The van der Waals surface area contributed by atoms with Gasteiger partial charge in [0.2, 0.25) is 0 Å². The molecule has 0 aliphatic carbocycles. The number of carbonyl (C=O) groups excluding carboxylic acids is 1. The van der Waals surface area contributed by atoms with E-state index >= 15 is 0 Å². The van der Waals surface area contributed by atoms with E-state index in [0.717, 1.165) is 24.3 Å². The average Bonchev–Trinajstić information content (AvgIpc) is 2.59. The van der Waals surface area contributed by atoms with Gasteiger partial charge in [-0.3, -0.25) is 0 Å². The molecule has 4 nitrogen and oxygen atoms in total. The first-order valence-electron chi connectivity index (χ1n) is 8.92. The Morgan fingerprint density at radius 1 is 0.966 bits per heavy atom. The van der Waals surface area contributed by atoms with Crippen LogP contribution in [0.2, 0.25) is 0 Å². The maximum atomic E-state index is 12.6. The van der Waals surface area contributed by atoms with E-state index in [0.29, 0.717) is 11.1 Å². The van der Waals surface area contributed by atoms with Gasteiger partial charge in [-0.2, -0.15) is 13.2 Å². The molecule has 29 heavy (non-hydrogen) atoms. The maximum Gasteiger partial charge on any atom is 0.416 e. The van der Waals surface area contributed by atoms with Crippen molar-refractivity contribution in [1.29, 1.82) is 0 Å². The summed E-state index contributed by atoms with van der Waals surface area (Å²) in [5, 5.41) is 0. The molecule has 0 radical (unpaired) electrons. The van der Waals surface area contributed by atoms with E-state index in [4.69, 9.17) is 4.74 Å². The van der Waals surface area contributed by atoms with Crippen LogP contribution in [-0.2, 0) is 20.8 Å². The van der Waals surface area contributed by atoms with E-state index in [1.54, 1.807) is 52.0 Å². The maximum absolute atomic E-state index is 12.6. The van der Waals surface area contributed by atoms with Gasteiger partial charge in [0, 0.05) is 0 Å². The van der Waals surface area contributed by atoms with Crippen molar-refractivity contribution in [3.05, 3.63) is 65.2 Å². The summed E-state index contributed by atoms with van der Waals surface area (Å²) in [6.07, 6.45) is -4.52. The van der Waals surface area contributed by atoms with Crippen LogP contribution in [0.5, 0.6) is 0 Å². The summed E-state index contributed by atoms with van der Waals surface area (Å²) in [6, 6.07) is 9.86. The highest BCUT2D eigenvalue weighted by Crippen LogP contribution is 2.30. The van der Waals surface area contributed by atoms with Gasteiger partial charge in [-0.05, 0) is 68.7 Å². The van der Waals surface area contributed by atoms with Crippen LogP contribution in [0.25, 0.3) is 0 Å². The number of esters is 1. The number of halogens is 3. The Morgan fingerprint density at radius 2 is 1.48 bits per heavy atom. The van der Waals surface area contributed by atoms with Gasteiger partial charge in [0.1, 0.15) is 5.60 Å².